The molecule has 3 aliphatic rings. The summed E-state index contributed by atoms with van der Waals surface area (Å²) in [7, 11) is 0. The highest BCUT2D eigenvalue weighted by molar-refractivity contribution is 5.94. The second-order valence-corrected chi connectivity index (χ2v) is 7.36. The smallest absolute Gasteiger partial charge is 0.252 e. The van der Waals surface area contributed by atoms with Crippen molar-refractivity contribution in [2.45, 2.75) is 56.0 Å². The summed E-state index contributed by atoms with van der Waals surface area (Å²) in [5, 5.41) is 6.29. The Morgan fingerprint density at radius 3 is 2.74 bits per heavy atom. The van der Waals surface area contributed by atoms with E-state index in [9.17, 15) is 13.6 Å². The van der Waals surface area contributed by atoms with Crippen LogP contribution in [0.5, 0.6) is 0 Å². The molecule has 3 saturated carbocycles. The first-order valence-electron chi connectivity index (χ1n) is 8.52. The zero-order chi connectivity index (χ0) is 16.0. The number of amides is 1. The van der Waals surface area contributed by atoms with Gasteiger partial charge in [0.05, 0.1) is 0 Å². The maximum atomic E-state index is 12.8. The summed E-state index contributed by atoms with van der Waals surface area (Å²) in [5.41, 5.74) is 1.75. The Morgan fingerprint density at radius 2 is 2.04 bits per heavy atom. The van der Waals surface area contributed by atoms with Gasteiger partial charge in [-0.3, -0.25) is 4.79 Å². The lowest BCUT2D eigenvalue weighted by Crippen LogP contribution is -2.50. The third kappa shape index (κ3) is 3.55. The highest BCUT2D eigenvalue weighted by atomic mass is 19.3. The second kappa shape index (κ2) is 5.55. The van der Waals surface area contributed by atoms with Crippen LogP contribution in [-0.2, 0) is 0 Å². The summed E-state index contributed by atoms with van der Waals surface area (Å²) >= 11 is 0. The van der Waals surface area contributed by atoms with Gasteiger partial charge in [-0.25, -0.2) is 8.78 Å². The van der Waals surface area contributed by atoms with Crippen LogP contribution in [0.15, 0.2) is 24.3 Å². The van der Waals surface area contributed by atoms with Crippen molar-refractivity contribution in [1.82, 2.24) is 10.6 Å². The molecular formula is C18H22F2N2O. The quantitative estimate of drug-likeness (QED) is 0.846. The molecule has 0 unspecified atom stereocenters. The predicted octanol–water partition coefficient (Wildman–Crippen LogP) is 3.07. The minimum absolute atomic E-state index is 0.240. The third-order valence-electron chi connectivity index (χ3n) is 5.16. The van der Waals surface area contributed by atoms with Crippen LogP contribution in [0.3, 0.4) is 0 Å². The van der Waals surface area contributed by atoms with Gasteiger partial charge in [0, 0.05) is 36.4 Å². The summed E-state index contributed by atoms with van der Waals surface area (Å²) in [6.45, 7) is 1.11. The first kappa shape index (κ1) is 15.1. The molecule has 0 bridgehead atoms. The molecule has 1 aromatic rings. The van der Waals surface area contributed by atoms with Crippen molar-refractivity contribution >= 4 is 5.91 Å². The molecule has 0 heterocycles. The molecule has 3 nitrogen and oxygen atoms in total. The van der Waals surface area contributed by atoms with E-state index in [0.717, 1.165) is 18.9 Å². The average molecular weight is 320 g/mol. The van der Waals surface area contributed by atoms with Gasteiger partial charge >= 0.3 is 0 Å². The fourth-order valence-corrected chi connectivity index (χ4v) is 3.37. The first-order valence-corrected chi connectivity index (χ1v) is 8.52. The summed E-state index contributed by atoms with van der Waals surface area (Å²) in [4.78, 5) is 12.2. The molecule has 0 aliphatic heterocycles. The molecule has 2 N–H and O–H groups in total. The van der Waals surface area contributed by atoms with Crippen LogP contribution in [0.4, 0.5) is 8.78 Å². The second-order valence-electron chi connectivity index (χ2n) is 7.36. The van der Waals surface area contributed by atoms with E-state index in [1.807, 2.05) is 12.1 Å². The fourth-order valence-electron chi connectivity index (χ4n) is 3.37. The van der Waals surface area contributed by atoms with Crippen LogP contribution in [0.2, 0.25) is 0 Å². The number of rotatable bonds is 6. The lowest BCUT2D eigenvalue weighted by Gasteiger charge is -2.35. The van der Waals surface area contributed by atoms with Gasteiger partial charge in [0.1, 0.15) is 0 Å². The van der Waals surface area contributed by atoms with Gasteiger partial charge in [0.2, 0.25) is 0 Å². The molecule has 0 aromatic heterocycles. The van der Waals surface area contributed by atoms with E-state index in [0.29, 0.717) is 17.5 Å². The predicted molar refractivity (Wildman–Crippen MR) is 83.7 cm³/mol. The maximum absolute atomic E-state index is 12.8. The topological polar surface area (TPSA) is 41.1 Å². The van der Waals surface area contributed by atoms with E-state index in [-0.39, 0.29) is 18.7 Å². The molecule has 4 rings (SSSR count). The van der Waals surface area contributed by atoms with Crippen LogP contribution in [-0.4, -0.2) is 30.5 Å². The summed E-state index contributed by atoms with van der Waals surface area (Å²) in [6.07, 6.45) is 3.33. The van der Waals surface area contributed by atoms with Crippen molar-refractivity contribution in [2.75, 3.05) is 6.54 Å². The Labute approximate surface area is 134 Å². The van der Waals surface area contributed by atoms with Crippen molar-refractivity contribution in [3.63, 3.8) is 0 Å². The molecule has 124 valence electrons. The van der Waals surface area contributed by atoms with Crippen LogP contribution < -0.4 is 10.6 Å². The number of carbonyl (C=O) groups excluding carboxylic acids is 1. The molecule has 1 amide bonds. The Hall–Kier alpha value is -1.49. The number of benzene rings is 1. The van der Waals surface area contributed by atoms with Gasteiger partial charge in [-0.15, -0.1) is 0 Å². The summed E-state index contributed by atoms with van der Waals surface area (Å²) in [6, 6.07) is 7.74. The zero-order valence-electron chi connectivity index (χ0n) is 13.0. The molecule has 3 aliphatic carbocycles. The highest BCUT2D eigenvalue weighted by Crippen LogP contribution is 2.42. The van der Waals surface area contributed by atoms with E-state index in [1.165, 1.54) is 18.4 Å². The van der Waals surface area contributed by atoms with E-state index in [1.54, 1.807) is 6.07 Å². The molecule has 1 aromatic carbocycles. The monoisotopic (exact) mass is 320 g/mol. The van der Waals surface area contributed by atoms with Gasteiger partial charge in [-0.05, 0) is 49.4 Å². The van der Waals surface area contributed by atoms with Crippen LogP contribution in [0.25, 0.3) is 0 Å². The number of carbonyl (C=O) groups is 1. The minimum Gasteiger partial charge on any atom is -0.349 e. The lowest BCUT2D eigenvalue weighted by atomic mass is 9.88. The summed E-state index contributed by atoms with van der Waals surface area (Å²) in [5.74, 6) is -1.49. The normalized spacial score (nSPS) is 29.0. The van der Waals surface area contributed by atoms with Gasteiger partial charge < -0.3 is 10.6 Å². The first-order chi connectivity index (χ1) is 11.0. The van der Waals surface area contributed by atoms with Gasteiger partial charge in [-0.2, -0.15) is 0 Å². The molecule has 0 saturated heterocycles. The van der Waals surface area contributed by atoms with Crippen molar-refractivity contribution in [2.24, 2.45) is 5.92 Å². The average Bonchev–Trinajstić information content (AvgIpc) is 3.37. The SMILES string of the molecule is O=C(NC1CC(F)(F)C1)c1cccc([C@@H]2C[C@H]2NCC2CC2)c1. The molecule has 23 heavy (non-hydrogen) atoms. The van der Waals surface area contributed by atoms with Crippen molar-refractivity contribution < 1.29 is 13.6 Å². The molecule has 0 radical (unpaired) electrons. The molecule has 5 heteroatoms. The number of hydrogen-bond donors (Lipinski definition) is 2. The number of alkyl halides is 2. The van der Waals surface area contributed by atoms with Crippen molar-refractivity contribution in [1.29, 1.82) is 0 Å². The Balaban J connectivity index is 1.32. The molecule has 3 fully saturated rings. The minimum atomic E-state index is -2.60. The summed E-state index contributed by atoms with van der Waals surface area (Å²) < 4.78 is 25.7. The zero-order valence-corrected chi connectivity index (χ0v) is 13.0. The lowest BCUT2D eigenvalue weighted by molar-refractivity contribution is -0.0901. The Morgan fingerprint density at radius 1 is 1.26 bits per heavy atom. The van der Waals surface area contributed by atoms with Crippen molar-refractivity contribution in [3.05, 3.63) is 35.4 Å². The molecular weight excluding hydrogens is 298 g/mol. The van der Waals surface area contributed by atoms with Crippen LogP contribution in [0, 0.1) is 5.92 Å². The Kier molecular flexibility index (Phi) is 3.63. The fraction of sp³-hybridized carbons (Fsp3) is 0.611. The standard InChI is InChI=1S/C18H22F2N2O/c19-18(20)8-14(9-18)22-17(23)13-3-1-2-12(6-13)15-7-16(15)21-10-11-4-5-11/h1-3,6,11,14-16,21H,4-5,7-10H2,(H,22,23)/t15-,16+/m0/s1. The molecule has 0 spiro atoms. The van der Waals surface area contributed by atoms with Gasteiger partial charge in [0.25, 0.3) is 11.8 Å². The maximum Gasteiger partial charge on any atom is 0.252 e. The van der Waals surface area contributed by atoms with Crippen LogP contribution in [0.1, 0.15) is 53.9 Å². The van der Waals surface area contributed by atoms with E-state index in [4.69, 9.17) is 0 Å². The number of hydrogen-bond acceptors (Lipinski definition) is 2. The molecule has 2 atom stereocenters. The Bertz CT molecular complexity index is 607. The van der Waals surface area contributed by atoms with E-state index < -0.39 is 12.0 Å². The van der Waals surface area contributed by atoms with Gasteiger partial charge in [0.15, 0.2) is 0 Å². The third-order valence-corrected chi connectivity index (χ3v) is 5.16. The van der Waals surface area contributed by atoms with E-state index in [2.05, 4.69) is 16.7 Å². The van der Waals surface area contributed by atoms with Gasteiger partial charge in [-0.1, -0.05) is 12.1 Å². The highest BCUT2D eigenvalue weighted by Gasteiger charge is 2.46. The van der Waals surface area contributed by atoms with Crippen LogP contribution >= 0.6 is 0 Å². The van der Waals surface area contributed by atoms with Crippen molar-refractivity contribution in [3.8, 4) is 0 Å². The number of nitrogens with one attached hydrogen (secondary N) is 2. The van der Waals surface area contributed by atoms with E-state index >= 15 is 0 Å². The largest absolute Gasteiger partial charge is 0.349 e. The number of halogens is 2.